The normalized spacial score (nSPS) is 14.3. The van der Waals surface area contributed by atoms with E-state index in [0.717, 1.165) is 61.8 Å². The van der Waals surface area contributed by atoms with E-state index in [1.165, 1.54) is 13.0 Å². The maximum absolute atomic E-state index is 12.5. The van der Waals surface area contributed by atoms with Crippen LogP contribution >= 0.6 is 0 Å². The van der Waals surface area contributed by atoms with Crippen LogP contribution < -0.4 is 10.2 Å². The van der Waals surface area contributed by atoms with Crippen LogP contribution in [0, 0.1) is 0 Å². The van der Waals surface area contributed by atoms with Crippen molar-refractivity contribution >= 4 is 33.6 Å². The maximum Gasteiger partial charge on any atom is 0.345 e. The van der Waals surface area contributed by atoms with Crippen molar-refractivity contribution in [2.24, 2.45) is 0 Å². The number of aliphatic hydroxyl groups excluding tert-OH is 1. The number of urea groups is 1. The third kappa shape index (κ3) is 10.9. The van der Waals surface area contributed by atoms with E-state index in [4.69, 9.17) is 9.47 Å². The van der Waals surface area contributed by atoms with Gasteiger partial charge in [-0.05, 0) is 67.6 Å². The number of nitrogens with zero attached hydrogens (tertiary/aromatic N) is 2. The summed E-state index contributed by atoms with van der Waals surface area (Å²) in [5.74, 6) is -0.992. The number of anilines is 1. The third-order valence-electron chi connectivity index (χ3n) is 7.16. The van der Waals surface area contributed by atoms with Gasteiger partial charge in [-0.25, -0.2) is 22.4 Å². The number of hydrogen-bond donors (Lipinski definition) is 3. The van der Waals surface area contributed by atoms with Crippen LogP contribution in [0.1, 0.15) is 68.2 Å². The number of aromatic hydroxyl groups is 1. The first-order valence-electron chi connectivity index (χ1n) is 14.8. The molecule has 3 N–H and O–H groups in total. The molecule has 1 atom stereocenters. The molecule has 0 bridgehead atoms. The minimum atomic E-state index is -3.81. The highest BCUT2D eigenvalue weighted by atomic mass is 32.2. The van der Waals surface area contributed by atoms with Crippen molar-refractivity contribution in [3.05, 3.63) is 59.2 Å². The van der Waals surface area contributed by atoms with Gasteiger partial charge >= 0.3 is 12.0 Å². The van der Waals surface area contributed by atoms with Crippen molar-refractivity contribution < 1.29 is 42.5 Å². The minimum absolute atomic E-state index is 0.0197. The van der Waals surface area contributed by atoms with E-state index in [1.807, 2.05) is 6.07 Å². The summed E-state index contributed by atoms with van der Waals surface area (Å²) in [5, 5.41) is 23.6. The van der Waals surface area contributed by atoms with E-state index in [2.05, 4.69) is 5.32 Å². The molecule has 3 rings (SSSR count). The molecule has 1 saturated heterocycles. The quantitative estimate of drug-likeness (QED) is 0.119. The average Bonchev–Trinajstić information content (AvgIpc) is 3.29. The number of sulfonamides is 1. The molecule has 44 heavy (non-hydrogen) atoms. The first kappa shape index (κ1) is 35.0. The van der Waals surface area contributed by atoms with Gasteiger partial charge in [0.1, 0.15) is 18.9 Å². The molecular weight excluding hydrogens is 590 g/mol. The molecule has 1 aliphatic heterocycles. The number of amides is 3. The second-order valence-electron chi connectivity index (χ2n) is 10.8. The number of esters is 1. The number of nitrogens with one attached hydrogen (secondary N) is 1. The van der Waals surface area contributed by atoms with Crippen molar-refractivity contribution in [2.45, 2.75) is 64.6 Å². The number of phenols is 1. The van der Waals surface area contributed by atoms with Crippen molar-refractivity contribution in [1.29, 1.82) is 0 Å². The standard InChI is InChI=1S/C31H43N3O9S/c1-23(35)43-22-26-19-25(13-14-28(26)36)29(37)20-32-15-6-4-3-5-7-16-42-17-9-11-24-10-8-12-27(18-24)34-30(38)21-33(31(34)39)44(2,40)41/h8,10,12-14,18-19,29,32,36-37H,3-7,9,11,15-17,20-22H2,1-2H3/t29-/m0/s1. The number of ether oxygens (including phenoxy) is 2. The number of phenolic OH excluding ortho intramolecular Hbond substituents is 1. The summed E-state index contributed by atoms with van der Waals surface area (Å²) in [7, 11) is -3.81. The van der Waals surface area contributed by atoms with Crippen molar-refractivity contribution in [3.63, 3.8) is 0 Å². The summed E-state index contributed by atoms with van der Waals surface area (Å²) < 4.78 is 34.8. The Morgan fingerprint density at radius 2 is 1.75 bits per heavy atom. The molecule has 0 unspecified atom stereocenters. The molecule has 1 aliphatic rings. The van der Waals surface area contributed by atoms with E-state index >= 15 is 0 Å². The second-order valence-corrected chi connectivity index (χ2v) is 12.7. The number of rotatable bonds is 19. The Kier molecular flexibility index (Phi) is 13.6. The largest absolute Gasteiger partial charge is 0.508 e. The fraction of sp³-hybridized carbons (Fsp3) is 0.516. The first-order valence-corrected chi connectivity index (χ1v) is 16.7. The summed E-state index contributed by atoms with van der Waals surface area (Å²) >= 11 is 0. The van der Waals surface area contributed by atoms with E-state index in [1.54, 1.807) is 30.3 Å². The summed E-state index contributed by atoms with van der Waals surface area (Å²) in [5.41, 5.74) is 2.38. The van der Waals surface area contributed by atoms with E-state index in [9.17, 15) is 33.0 Å². The summed E-state index contributed by atoms with van der Waals surface area (Å²) in [6.45, 7) is 3.20. The van der Waals surface area contributed by atoms with Gasteiger partial charge in [0.15, 0.2) is 0 Å². The zero-order chi connectivity index (χ0) is 32.1. The minimum Gasteiger partial charge on any atom is -0.508 e. The highest BCUT2D eigenvalue weighted by molar-refractivity contribution is 7.89. The Hall–Kier alpha value is -3.52. The second kappa shape index (κ2) is 17.1. The van der Waals surface area contributed by atoms with Crippen LogP contribution in [0.3, 0.4) is 0 Å². The van der Waals surface area contributed by atoms with Crippen molar-refractivity contribution in [2.75, 3.05) is 44.0 Å². The molecule has 0 aliphatic carbocycles. The monoisotopic (exact) mass is 633 g/mol. The van der Waals surface area contributed by atoms with E-state index in [-0.39, 0.29) is 12.4 Å². The lowest BCUT2D eigenvalue weighted by atomic mass is 10.1. The Labute approximate surface area is 259 Å². The lowest BCUT2D eigenvalue weighted by Crippen LogP contribution is -2.36. The Morgan fingerprint density at radius 1 is 1.02 bits per heavy atom. The number of aryl methyl sites for hydroxylation is 1. The van der Waals surface area contributed by atoms with Crippen molar-refractivity contribution in [1.82, 2.24) is 9.62 Å². The van der Waals surface area contributed by atoms with Gasteiger partial charge in [-0.3, -0.25) is 9.59 Å². The number of carbonyl (C=O) groups is 3. The maximum atomic E-state index is 12.5. The topological polar surface area (TPSA) is 163 Å². The number of benzene rings is 2. The summed E-state index contributed by atoms with van der Waals surface area (Å²) in [6.07, 6.45) is 6.80. The SMILES string of the molecule is CC(=O)OCc1cc([C@@H](O)CNCCCCCCCOCCCc2cccc(N3C(=O)CN(S(C)(=O)=O)C3=O)c2)ccc1O. The molecule has 12 nitrogen and oxygen atoms in total. The highest BCUT2D eigenvalue weighted by Crippen LogP contribution is 2.25. The number of imide groups is 1. The zero-order valence-electron chi connectivity index (χ0n) is 25.4. The molecule has 2 aromatic carbocycles. The number of unbranched alkanes of at least 4 members (excludes halogenated alkanes) is 4. The van der Waals surface area contributed by atoms with Gasteiger partial charge in [0.05, 0.1) is 18.0 Å². The van der Waals surface area contributed by atoms with Gasteiger partial charge in [-0.2, -0.15) is 0 Å². The number of hydrogen-bond acceptors (Lipinski definition) is 10. The van der Waals surface area contributed by atoms with Crippen LogP contribution in [-0.2, 0) is 42.1 Å². The van der Waals surface area contributed by atoms with Crippen LogP contribution in [0.25, 0.3) is 0 Å². The van der Waals surface area contributed by atoms with Gasteiger partial charge in [0.2, 0.25) is 10.0 Å². The average molecular weight is 634 g/mol. The lowest BCUT2D eigenvalue weighted by Gasteiger charge is -2.16. The van der Waals surface area contributed by atoms with E-state index < -0.39 is 40.6 Å². The van der Waals surface area contributed by atoms with Gasteiger partial charge in [0, 0.05) is 32.2 Å². The van der Waals surface area contributed by atoms with Crippen LogP contribution in [-0.4, -0.2) is 79.9 Å². The molecule has 1 heterocycles. The number of carbonyl (C=O) groups excluding carboxylic acids is 3. The predicted molar refractivity (Wildman–Crippen MR) is 165 cm³/mol. The van der Waals surface area contributed by atoms with Gasteiger partial charge < -0.3 is 25.0 Å². The predicted octanol–water partition coefficient (Wildman–Crippen LogP) is 3.41. The summed E-state index contributed by atoms with van der Waals surface area (Å²) in [6, 6.07) is 10.9. The van der Waals surface area contributed by atoms with Crippen LogP contribution in [0.4, 0.5) is 10.5 Å². The molecule has 1 fully saturated rings. The molecular formula is C31H43N3O9S. The molecule has 3 amide bonds. The van der Waals surface area contributed by atoms with Crippen LogP contribution in [0.15, 0.2) is 42.5 Å². The molecule has 0 aromatic heterocycles. The first-order chi connectivity index (χ1) is 21.0. The molecule has 0 radical (unpaired) electrons. The van der Waals surface area contributed by atoms with Gasteiger partial charge in [-0.1, -0.05) is 37.5 Å². The molecule has 242 valence electrons. The van der Waals surface area contributed by atoms with E-state index in [0.29, 0.717) is 47.3 Å². The van der Waals surface area contributed by atoms with Crippen LogP contribution in [0.5, 0.6) is 5.75 Å². The molecule has 0 spiro atoms. The third-order valence-corrected chi connectivity index (χ3v) is 8.24. The molecule has 2 aromatic rings. The zero-order valence-corrected chi connectivity index (χ0v) is 26.2. The Bertz CT molecular complexity index is 1380. The molecule has 13 heteroatoms. The van der Waals surface area contributed by atoms with Crippen LogP contribution in [0.2, 0.25) is 0 Å². The number of aliphatic hydroxyl groups is 1. The summed E-state index contributed by atoms with van der Waals surface area (Å²) in [4.78, 5) is 36.7. The lowest BCUT2D eigenvalue weighted by molar-refractivity contribution is -0.142. The van der Waals surface area contributed by atoms with Gasteiger partial charge in [-0.15, -0.1) is 0 Å². The fourth-order valence-electron chi connectivity index (χ4n) is 4.77. The highest BCUT2D eigenvalue weighted by Gasteiger charge is 2.41. The van der Waals surface area contributed by atoms with Gasteiger partial charge in [0.25, 0.3) is 5.91 Å². The van der Waals surface area contributed by atoms with Crippen molar-refractivity contribution in [3.8, 4) is 5.75 Å². The fourth-order valence-corrected chi connectivity index (χ4v) is 5.48. The smallest absolute Gasteiger partial charge is 0.345 e. The molecule has 0 saturated carbocycles. The Balaban J connectivity index is 1.21. The Morgan fingerprint density at radius 3 is 2.48 bits per heavy atom.